The predicted octanol–water partition coefficient (Wildman–Crippen LogP) is 1.87. The lowest BCUT2D eigenvalue weighted by atomic mass is 10.0. The van der Waals surface area contributed by atoms with Gasteiger partial charge in [0.1, 0.15) is 23.7 Å². The van der Waals surface area contributed by atoms with Gasteiger partial charge in [-0.05, 0) is 38.8 Å². The van der Waals surface area contributed by atoms with E-state index in [9.17, 15) is 17.8 Å². The molecule has 1 unspecified atom stereocenters. The fourth-order valence-electron chi connectivity index (χ4n) is 1.98. The minimum Gasteiger partial charge on any atom is -0.744 e. The predicted molar refractivity (Wildman–Crippen MR) is 95.9 cm³/mol. The lowest BCUT2D eigenvalue weighted by molar-refractivity contribution is -1.06. The van der Waals surface area contributed by atoms with Crippen molar-refractivity contribution < 1.29 is 27.7 Å². The number of aryl methyl sites for hydroxylation is 1. The third kappa shape index (κ3) is 10.0. The molecule has 0 bridgehead atoms. The van der Waals surface area contributed by atoms with Gasteiger partial charge in [-0.3, -0.25) is 4.84 Å². The Labute approximate surface area is 151 Å². The Hall–Kier alpha value is -1.70. The lowest BCUT2D eigenvalue weighted by Crippen LogP contribution is -3.09. The van der Waals surface area contributed by atoms with Gasteiger partial charge in [0.25, 0.3) is 0 Å². The molecule has 7 heteroatoms. The number of carbonyl (C=O) groups is 1. The first-order valence-electron chi connectivity index (χ1n) is 8.23. The molecule has 25 heavy (non-hydrogen) atoms. The fourth-order valence-corrected chi connectivity index (χ4v) is 2.45. The molecule has 1 aromatic carbocycles. The molecule has 0 saturated carbocycles. The van der Waals surface area contributed by atoms with E-state index in [4.69, 9.17) is 4.84 Å². The minimum atomic E-state index is -4.27. The van der Waals surface area contributed by atoms with Crippen LogP contribution in [0.3, 0.4) is 0 Å². The van der Waals surface area contributed by atoms with Crippen LogP contribution in [-0.2, 0) is 19.8 Å². The van der Waals surface area contributed by atoms with E-state index >= 15 is 0 Å². The smallest absolute Gasteiger partial charge is 0.392 e. The fraction of sp³-hybridized carbons (Fsp3) is 0.500. The van der Waals surface area contributed by atoms with Gasteiger partial charge < -0.3 is 4.55 Å². The van der Waals surface area contributed by atoms with Gasteiger partial charge in [-0.15, -0.1) is 5.06 Å². The highest BCUT2D eigenvalue weighted by atomic mass is 32.2. The summed E-state index contributed by atoms with van der Waals surface area (Å²) in [6, 6.07) is 5.78. The molecule has 6 nitrogen and oxygen atoms in total. The molecule has 142 valence electrons. The highest BCUT2D eigenvalue weighted by Crippen LogP contribution is 2.08. The molecule has 0 radical (unpaired) electrons. The van der Waals surface area contributed by atoms with Gasteiger partial charge in [-0.1, -0.05) is 38.1 Å². The number of hydrogen-bond acceptors (Lipinski definition) is 5. The Morgan fingerprint density at radius 2 is 1.72 bits per heavy atom. The average molecular weight is 371 g/mol. The third-order valence-electron chi connectivity index (χ3n) is 3.66. The molecule has 0 heterocycles. The van der Waals surface area contributed by atoms with Crippen molar-refractivity contribution in [2.24, 2.45) is 5.92 Å². The normalized spacial score (nSPS) is 12.1. The maximum Gasteiger partial charge on any atom is 0.392 e. The van der Waals surface area contributed by atoms with Crippen LogP contribution in [0.5, 0.6) is 0 Å². The van der Waals surface area contributed by atoms with Crippen molar-refractivity contribution in [1.29, 1.82) is 0 Å². The molecule has 0 saturated heterocycles. The van der Waals surface area contributed by atoms with Gasteiger partial charge in [0.2, 0.25) is 0 Å². The Morgan fingerprint density at radius 1 is 1.24 bits per heavy atom. The number of benzene rings is 1. The Bertz CT molecular complexity index is 649. The molecule has 0 aliphatic carbocycles. The van der Waals surface area contributed by atoms with Crippen molar-refractivity contribution in [1.82, 2.24) is 0 Å². The second-order valence-corrected chi connectivity index (χ2v) is 7.41. The quantitative estimate of drug-likeness (QED) is 0.449. The first kappa shape index (κ1) is 23.3. The number of hydrogen-bond donors (Lipinski definition) is 1. The van der Waals surface area contributed by atoms with E-state index in [-0.39, 0.29) is 10.9 Å². The van der Waals surface area contributed by atoms with E-state index in [1.807, 2.05) is 14.0 Å². The Kier molecular flexibility index (Phi) is 10.3. The standard InChI is InChI=1S/C11H21NO2.C7H8O3S/c1-6-10(7-2)8-12(5)14-11(13)9(3)4;1-6-2-4-7(5-3-6)11(8,9)10/h10H,3,6-8H2,1-2,4-5H3;2-5H,1H3,(H,8,9,10). The summed E-state index contributed by atoms with van der Waals surface area (Å²) < 4.78 is 31.2. The molecule has 1 aromatic rings. The zero-order chi connectivity index (χ0) is 19.6. The van der Waals surface area contributed by atoms with Crippen molar-refractivity contribution >= 4 is 16.1 Å². The van der Waals surface area contributed by atoms with E-state index in [0.717, 1.165) is 30.0 Å². The summed E-state index contributed by atoms with van der Waals surface area (Å²) in [5.74, 6) is 0.307. The molecule has 0 aliphatic heterocycles. The van der Waals surface area contributed by atoms with E-state index in [0.29, 0.717) is 11.5 Å². The van der Waals surface area contributed by atoms with Gasteiger partial charge in [0, 0.05) is 11.5 Å². The zero-order valence-corrected chi connectivity index (χ0v) is 16.5. The van der Waals surface area contributed by atoms with Crippen LogP contribution in [-0.4, -0.2) is 32.5 Å². The van der Waals surface area contributed by atoms with Crippen LogP contribution < -0.4 is 5.06 Å². The highest BCUT2D eigenvalue weighted by molar-refractivity contribution is 7.85. The monoisotopic (exact) mass is 371 g/mol. The number of hydroxylamine groups is 2. The van der Waals surface area contributed by atoms with Gasteiger partial charge in [0.05, 0.1) is 4.90 Å². The largest absolute Gasteiger partial charge is 0.744 e. The second kappa shape index (κ2) is 11.0. The second-order valence-electron chi connectivity index (χ2n) is 6.03. The zero-order valence-electron chi connectivity index (χ0n) is 15.7. The number of carbonyl (C=O) groups excluding carboxylic acids is 1. The molecule has 0 amide bonds. The van der Waals surface area contributed by atoms with Crippen molar-refractivity contribution in [2.75, 3.05) is 13.6 Å². The minimum absolute atomic E-state index is 0.178. The van der Waals surface area contributed by atoms with Crippen LogP contribution in [0.2, 0.25) is 0 Å². The molecule has 0 aliphatic rings. The van der Waals surface area contributed by atoms with Crippen LogP contribution in [0, 0.1) is 12.8 Å². The van der Waals surface area contributed by atoms with Gasteiger partial charge in [0.15, 0.2) is 0 Å². The molecule has 0 fully saturated rings. The molecule has 1 atom stereocenters. The maximum absolute atomic E-state index is 11.2. The summed E-state index contributed by atoms with van der Waals surface area (Å²) in [6.45, 7) is 12.2. The molecular formula is C18H29NO5S. The Morgan fingerprint density at radius 3 is 2.08 bits per heavy atom. The number of quaternary nitrogens is 1. The van der Waals surface area contributed by atoms with Gasteiger partial charge in [-0.2, -0.15) is 0 Å². The SMILES string of the molecule is C=C(C)C(=O)O[NH+](C)CC(CC)CC.Cc1ccc(S(=O)(=O)[O-])cc1. The van der Waals surface area contributed by atoms with Crippen molar-refractivity contribution in [3.63, 3.8) is 0 Å². The van der Waals surface area contributed by atoms with Gasteiger partial charge >= 0.3 is 5.97 Å². The van der Waals surface area contributed by atoms with E-state index in [2.05, 4.69) is 20.4 Å². The Balaban J connectivity index is 0.000000472. The van der Waals surface area contributed by atoms with E-state index in [1.165, 1.54) is 12.1 Å². The van der Waals surface area contributed by atoms with Crippen LogP contribution in [0.1, 0.15) is 39.2 Å². The van der Waals surface area contributed by atoms with Gasteiger partial charge in [-0.25, -0.2) is 13.2 Å². The maximum atomic E-state index is 11.2. The number of nitrogens with one attached hydrogen (secondary N) is 1. The average Bonchev–Trinajstić information content (AvgIpc) is 2.52. The van der Waals surface area contributed by atoms with Crippen molar-refractivity contribution in [3.8, 4) is 0 Å². The van der Waals surface area contributed by atoms with Crippen LogP contribution >= 0.6 is 0 Å². The molecular weight excluding hydrogens is 342 g/mol. The summed E-state index contributed by atoms with van der Waals surface area (Å²) >= 11 is 0. The van der Waals surface area contributed by atoms with E-state index in [1.54, 1.807) is 19.1 Å². The number of rotatable bonds is 7. The van der Waals surface area contributed by atoms with Crippen LogP contribution in [0.4, 0.5) is 0 Å². The topological polar surface area (TPSA) is 87.9 Å². The molecule has 0 aromatic heterocycles. The summed E-state index contributed by atoms with van der Waals surface area (Å²) in [6.07, 6.45) is 2.25. The first-order valence-corrected chi connectivity index (χ1v) is 9.64. The highest BCUT2D eigenvalue weighted by Gasteiger charge is 2.15. The lowest BCUT2D eigenvalue weighted by Gasteiger charge is -2.17. The van der Waals surface area contributed by atoms with Crippen LogP contribution in [0.15, 0.2) is 41.3 Å². The molecule has 1 rings (SSSR count). The summed E-state index contributed by atoms with van der Waals surface area (Å²) in [5.41, 5.74) is 1.38. The van der Waals surface area contributed by atoms with Crippen LogP contribution in [0.25, 0.3) is 0 Å². The summed E-state index contributed by atoms with van der Waals surface area (Å²) in [5, 5.41) is 0.798. The van der Waals surface area contributed by atoms with E-state index < -0.39 is 10.1 Å². The third-order valence-corrected chi connectivity index (χ3v) is 4.51. The summed E-state index contributed by atoms with van der Waals surface area (Å²) in [4.78, 5) is 16.1. The summed E-state index contributed by atoms with van der Waals surface area (Å²) in [7, 11) is -2.41. The van der Waals surface area contributed by atoms with Crippen molar-refractivity contribution in [2.45, 2.75) is 45.4 Å². The van der Waals surface area contributed by atoms with Crippen molar-refractivity contribution in [3.05, 3.63) is 42.0 Å². The molecule has 1 N–H and O–H groups in total. The first-order chi connectivity index (χ1) is 11.5. The molecule has 0 spiro atoms.